The number of carbonyl (C=O) groups is 2. The van der Waals surface area contributed by atoms with Gasteiger partial charge in [0.2, 0.25) is 5.91 Å². The van der Waals surface area contributed by atoms with Crippen LogP contribution in [0.4, 0.5) is 11.5 Å². The zero-order valence-electron chi connectivity index (χ0n) is 17.5. The predicted octanol–water partition coefficient (Wildman–Crippen LogP) is 1.71. The van der Waals surface area contributed by atoms with Crippen LogP contribution in [-0.4, -0.2) is 47.0 Å². The lowest BCUT2D eigenvalue weighted by atomic mass is 9.94. The molecule has 0 bridgehead atoms. The first-order chi connectivity index (χ1) is 15.2. The maximum Gasteiger partial charge on any atom is 0.304 e. The van der Waals surface area contributed by atoms with E-state index >= 15 is 0 Å². The second-order valence-electron chi connectivity index (χ2n) is 7.61. The van der Waals surface area contributed by atoms with Gasteiger partial charge < -0.3 is 20.0 Å². The van der Waals surface area contributed by atoms with Gasteiger partial charge in [-0.15, -0.1) is 0 Å². The number of nitro groups is 1. The fourth-order valence-electron chi connectivity index (χ4n) is 3.60. The van der Waals surface area contributed by atoms with Crippen LogP contribution < -0.4 is 14.8 Å². The first-order valence-corrected chi connectivity index (χ1v) is 10.1. The van der Waals surface area contributed by atoms with Crippen LogP contribution in [0.5, 0.6) is 5.75 Å². The third kappa shape index (κ3) is 5.62. The van der Waals surface area contributed by atoms with Crippen molar-refractivity contribution in [3.05, 3.63) is 63.0 Å². The normalized spacial score (nSPS) is 15.6. The zero-order chi connectivity index (χ0) is 23.3. The number of fused-ring (bicyclic) bond motifs is 1. The van der Waals surface area contributed by atoms with Gasteiger partial charge in [-0.1, -0.05) is 6.07 Å². The van der Waals surface area contributed by atoms with Crippen LogP contribution in [0.15, 0.2) is 36.5 Å². The highest BCUT2D eigenvalue weighted by Gasteiger charge is 2.29. The molecular weight excluding hydrogens is 420 g/mol. The maximum atomic E-state index is 12.4. The third-order valence-electron chi connectivity index (χ3n) is 5.21. The van der Waals surface area contributed by atoms with Gasteiger partial charge in [-0.25, -0.2) is 4.73 Å². The van der Waals surface area contributed by atoms with E-state index in [-0.39, 0.29) is 23.8 Å². The van der Waals surface area contributed by atoms with E-state index in [4.69, 9.17) is 9.84 Å². The zero-order valence-corrected chi connectivity index (χ0v) is 17.5. The van der Waals surface area contributed by atoms with E-state index in [1.807, 2.05) is 12.1 Å². The molecule has 11 heteroatoms. The van der Waals surface area contributed by atoms with E-state index in [0.29, 0.717) is 43.0 Å². The van der Waals surface area contributed by atoms with Crippen LogP contribution in [0, 0.1) is 21.2 Å². The molecule has 1 amide bonds. The SMILES string of the molecule is CN1Cc2cc(OCCCNc3cc([N+](=O)[O-])cc[n+]3[O-])ccc2CC(CC(=O)O)C1=O. The van der Waals surface area contributed by atoms with Crippen molar-refractivity contribution in [2.24, 2.45) is 5.92 Å². The Morgan fingerprint density at radius 2 is 2.12 bits per heavy atom. The molecular formula is C21H24N4O7. The molecule has 2 aromatic rings. The number of amides is 1. The van der Waals surface area contributed by atoms with E-state index in [1.165, 1.54) is 11.0 Å². The van der Waals surface area contributed by atoms with Gasteiger partial charge in [-0.05, 0) is 29.7 Å². The number of rotatable bonds is 9. The minimum Gasteiger partial charge on any atom is -0.711 e. The molecule has 2 heterocycles. The summed E-state index contributed by atoms with van der Waals surface area (Å²) < 4.78 is 6.29. The summed E-state index contributed by atoms with van der Waals surface area (Å²) in [6.45, 7) is 1.10. The Hall–Kier alpha value is -3.89. The number of ether oxygens (including phenoxy) is 1. The average molecular weight is 444 g/mol. The van der Waals surface area contributed by atoms with Gasteiger partial charge in [0.15, 0.2) is 0 Å². The minimum absolute atomic E-state index is 0.0906. The molecule has 1 aliphatic heterocycles. The first kappa shape index (κ1) is 22.8. The number of aliphatic carboxylic acids is 1. The van der Waals surface area contributed by atoms with Gasteiger partial charge in [0.05, 0.1) is 36.5 Å². The highest BCUT2D eigenvalue weighted by molar-refractivity contribution is 5.84. The lowest BCUT2D eigenvalue weighted by Gasteiger charge is -2.18. The summed E-state index contributed by atoms with van der Waals surface area (Å²) in [7, 11) is 1.65. The van der Waals surface area contributed by atoms with E-state index in [0.717, 1.165) is 23.4 Å². The molecule has 0 saturated carbocycles. The van der Waals surface area contributed by atoms with Crippen molar-refractivity contribution >= 4 is 23.4 Å². The summed E-state index contributed by atoms with van der Waals surface area (Å²) in [5.74, 6) is -1.06. The summed E-state index contributed by atoms with van der Waals surface area (Å²) in [4.78, 5) is 35.3. The Kier molecular flexibility index (Phi) is 7.08. The quantitative estimate of drug-likeness (QED) is 0.195. The Labute approximate surface area is 184 Å². The Morgan fingerprint density at radius 1 is 1.34 bits per heavy atom. The Bertz CT molecular complexity index is 1030. The Morgan fingerprint density at radius 3 is 2.84 bits per heavy atom. The average Bonchev–Trinajstić information content (AvgIpc) is 2.85. The molecule has 1 atom stereocenters. The second-order valence-corrected chi connectivity index (χ2v) is 7.61. The van der Waals surface area contributed by atoms with Gasteiger partial charge in [0, 0.05) is 20.0 Å². The van der Waals surface area contributed by atoms with Crippen molar-refractivity contribution in [1.29, 1.82) is 0 Å². The van der Waals surface area contributed by atoms with Crippen molar-refractivity contribution in [2.75, 3.05) is 25.5 Å². The van der Waals surface area contributed by atoms with Gasteiger partial charge >= 0.3 is 5.97 Å². The highest BCUT2D eigenvalue weighted by atomic mass is 16.6. The topological polar surface area (TPSA) is 149 Å². The number of carboxylic acid groups (broad SMARTS) is 1. The number of carbonyl (C=O) groups excluding carboxylic acids is 1. The van der Waals surface area contributed by atoms with Crippen molar-refractivity contribution in [1.82, 2.24) is 4.90 Å². The molecule has 0 spiro atoms. The number of aromatic nitrogens is 1. The summed E-state index contributed by atoms with van der Waals surface area (Å²) in [6.07, 6.45) is 1.78. The highest BCUT2D eigenvalue weighted by Crippen LogP contribution is 2.27. The monoisotopic (exact) mass is 444 g/mol. The summed E-state index contributed by atoms with van der Waals surface area (Å²) >= 11 is 0. The molecule has 0 saturated heterocycles. The van der Waals surface area contributed by atoms with Gasteiger partial charge in [-0.2, -0.15) is 0 Å². The Balaban J connectivity index is 1.55. The molecule has 32 heavy (non-hydrogen) atoms. The molecule has 170 valence electrons. The fourth-order valence-corrected chi connectivity index (χ4v) is 3.60. The third-order valence-corrected chi connectivity index (χ3v) is 5.21. The van der Waals surface area contributed by atoms with Crippen molar-refractivity contribution < 1.29 is 29.1 Å². The molecule has 1 aromatic carbocycles. The number of carboxylic acids is 1. The van der Waals surface area contributed by atoms with E-state index < -0.39 is 16.8 Å². The van der Waals surface area contributed by atoms with Crippen LogP contribution in [0.1, 0.15) is 24.0 Å². The number of nitrogens with zero attached hydrogens (tertiary/aromatic N) is 3. The summed E-state index contributed by atoms with van der Waals surface area (Å²) in [5.41, 5.74) is 1.66. The van der Waals surface area contributed by atoms with E-state index in [9.17, 15) is 24.9 Å². The number of pyridine rings is 1. The molecule has 2 N–H and O–H groups in total. The molecule has 3 rings (SSSR count). The lowest BCUT2D eigenvalue weighted by molar-refractivity contribution is -0.591. The largest absolute Gasteiger partial charge is 0.711 e. The van der Waals surface area contributed by atoms with Gasteiger partial charge in [0.1, 0.15) is 18.0 Å². The number of nitrogens with one attached hydrogen (secondary N) is 1. The van der Waals surface area contributed by atoms with Crippen LogP contribution in [0.3, 0.4) is 0 Å². The van der Waals surface area contributed by atoms with Crippen LogP contribution in [0.2, 0.25) is 0 Å². The summed E-state index contributed by atoms with van der Waals surface area (Å²) in [6, 6.07) is 7.80. The molecule has 1 unspecified atom stereocenters. The van der Waals surface area contributed by atoms with Gasteiger partial charge in [-0.3, -0.25) is 25.0 Å². The van der Waals surface area contributed by atoms with Crippen LogP contribution in [0.25, 0.3) is 0 Å². The number of hydrogen-bond donors (Lipinski definition) is 2. The number of hydrogen-bond acceptors (Lipinski definition) is 7. The molecule has 1 aromatic heterocycles. The van der Waals surface area contributed by atoms with E-state index in [2.05, 4.69) is 5.32 Å². The molecule has 11 nitrogen and oxygen atoms in total. The number of benzene rings is 1. The smallest absolute Gasteiger partial charge is 0.304 e. The van der Waals surface area contributed by atoms with E-state index in [1.54, 1.807) is 13.1 Å². The number of anilines is 1. The lowest BCUT2D eigenvalue weighted by Crippen LogP contribution is -2.32. The van der Waals surface area contributed by atoms with Crippen molar-refractivity contribution in [3.8, 4) is 5.75 Å². The molecule has 0 radical (unpaired) electrons. The van der Waals surface area contributed by atoms with Gasteiger partial charge in [0.25, 0.3) is 11.5 Å². The van der Waals surface area contributed by atoms with Crippen molar-refractivity contribution in [3.63, 3.8) is 0 Å². The standard InChI is InChI=1S/C21H24N4O7/c1-23-13-16-10-18(4-3-14(16)9-15(21(23)28)11-20(26)27)32-8-2-6-22-19-12-17(25(30)31)5-7-24(19)29/h3-5,7,10,12,15,22H,2,6,8-9,11,13H2,1H3,(H,26,27). The van der Waals surface area contributed by atoms with Crippen LogP contribution in [-0.2, 0) is 22.6 Å². The molecule has 1 aliphatic rings. The first-order valence-electron chi connectivity index (χ1n) is 10.1. The second kappa shape index (κ2) is 9.94. The fraction of sp³-hybridized carbons (Fsp3) is 0.381. The minimum atomic E-state index is -0.999. The summed E-state index contributed by atoms with van der Waals surface area (Å²) in [5, 5.41) is 34.5. The van der Waals surface area contributed by atoms with Crippen LogP contribution >= 0.6 is 0 Å². The van der Waals surface area contributed by atoms with Crippen molar-refractivity contribution in [2.45, 2.75) is 25.8 Å². The molecule has 0 fully saturated rings. The predicted molar refractivity (Wildman–Crippen MR) is 113 cm³/mol. The molecule has 0 aliphatic carbocycles. The maximum absolute atomic E-state index is 12.4.